The number of aromatic nitrogens is 2. The van der Waals surface area contributed by atoms with Gasteiger partial charge < -0.3 is 14.6 Å². The first kappa shape index (κ1) is 18.5. The third-order valence-corrected chi connectivity index (χ3v) is 5.51. The molecule has 4 aromatic rings. The summed E-state index contributed by atoms with van der Waals surface area (Å²) in [6.07, 6.45) is 0. The Hall–Kier alpha value is -2.83. The highest BCUT2D eigenvalue weighted by molar-refractivity contribution is 7.99. The lowest BCUT2D eigenvalue weighted by Gasteiger charge is -2.10. The summed E-state index contributed by atoms with van der Waals surface area (Å²) >= 11 is 1.44. The molecule has 0 saturated heterocycles. The normalized spacial score (nSPS) is 11.2. The van der Waals surface area contributed by atoms with Crippen LogP contribution in [0.1, 0.15) is 0 Å². The molecule has 1 aromatic heterocycles. The number of benzene rings is 3. The number of hydrogen-bond donors (Lipinski definition) is 1. The molecule has 0 radical (unpaired) electrons. The number of amides is 1. The molecule has 0 atom stereocenters. The van der Waals surface area contributed by atoms with Crippen molar-refractivity contribution in [3.8, 4) is 0 Å². The van der Waals surface area contributed by atoms with Gasteiger partial charge in [-0.15, -0.1) is 0 Å². The van der Waals surface area contributed by atoms with Crippen LogP contribution in [-0.2, 0) is 16.1 Å². The molecule has 0 fully saturated rings. The van der Waals surface area contributed by atoms with Crippen LogP contribution in [0.25, 0.3) is 21.8 Å². The van der Waals surface area contributed by atoms with E-state index in [1.165, 1.54) is 11.8 Å². The molecule has 28 heavy (non-hydrogen) atoms. The molecular weight excluding hydrogens is 370 g/mol. The summed E-state index contributed by atoms with van der Waals surface area (Å²) in [5, 5.41) is 6.00. The number of imidazole rings is 1. The number of ether oxygens (including phenoxy) is 1. The van der Waals surface area contributed by atoms with Crippen LogP contribution in [0, 0.1) is 0 Å². The van der Waals surface area contributed by atoms with Gasteiger partial charge in [-0.2, -0.15) is 0 Å². The summed E-state index contributed by atoms with van der Waals surface area (Å²) in [5.41, 5.74) is 2.81. The third kappa shape index (κ3) is 3.88. The van der Waals surface area contributed by atoms with E-state index in [-0.39, 0.29) is 5.91 Å². The first-order valence-electron chi connectivity index (χ1n) is 9.11. The Labute approximate surface area is 167 Å². The largest absolute Gasteiger partial charge is 0.383 e. The summed E-state index contributed by atoms with van der Waals surface area (Å²) in [5.74, 6) is 0.242. The number of fused-ring (bicyclic) bond motifs is 2. The van der Waals surface area contributed by atoms with E-state index in [2.05, 4.69) is 14.9 Å². The molecule has 0 spiro atoms. The molecule has 5 nitrogen and oxygen atoms in total. The second-order valence-electron chi connectivity index (χ2n) is 6.39. The third-order valence-electron chi connectivity index (χ3n) is 4.53. The van der Waals surface area contributed by atoms with E-state index in [9.17, 15) is 4.79 Å². The number of nitrogens with zero attached hydrogens (tertiary/aromatic N) is 2. The van der Waals surface area contributed by atoms with E-state index in [0.717, 1.165) is 32.6 Å². The average molecular weight is 391 g/mol. The van der Waals surface area contributed by atoms with Crippen molar-refractivity contribution in [2.75, 3.05) is 24.8 Å². The Morgan fingerprint density at radius 1 is 1.07 bits per heavy atom. The molecule has 1 amide bonds. The predicted octanol–water partition coefficient (Wildman–Crippen LogP) is 4.57. The Kier molecular flexibility index (Phi) is 5.60. The molecule has 0 saturated carbocycles. The summed E-state index contributed by atoms with van der Waals surface area (Å²) in [6.45, 7) is 1.29. The fraction of sp³-hybridized carbons (Fsp3) is 0.182. The number of nitrogens with one attached hydrogen (secondary N) is 1. The quantitative estimate of drug-likeness (QED) is 0.469. The van der Waals surface area contributed by atoms with Crippen molar-refractivity contribution in [1.29, 1.82) is 0 Å². The first-order valence-corrected chi connectivity index (χ1v) is 10.1. The Morgan fingerprint density at radius 3 is 2.75 bits per heavy atom. The first-order chi connectivity index (χ1) is 13.8. The van der Waals surface area contributed by atoms with Crippen LogP contribution in [0.15, 0.2) is 71.9 Å². The van der Waals surface area contributed by atoms with E-state index in [1.54, 1.807) is 7.11 Å². The maximum absolute atomic E-state index is 12.6. The lowest BCUT2D eigenvalue weighted by molar-refractivity contribution is -0.113. The summed E-state index contributed by atoms with van der Waals surface area (Å²) in [4.78, 5) is 17.3. The average Bonchev–Trinajstić information content (AvgIpc) is 3.08. The topological polar surface area (TPSA) is 56.1 Å². The minimum Gasteiger partial charge on any atom is -0.383 e. The number of methoxy groups -OCH3 is 1. The molecule has 4 rings (SSSR count). The second kappa shape index (κ2) is 8.46. The zero-order valence-electron chi connectivity index (χ0n) is 15.6. The lowest BCUT2D eigenvalue weighted by atomic mass is 10.1. The molecule has 0 unspecified atom stereocenters. The molecule has 0 aliphatic carbocycles. The van der Waals surface area contributed by atoms with E-state index >= 15 is 0 Å². The van der Waals surface area contributed by atoms with E-state index in [1.807, 2.05) is 66.7 Å². The standard InChI is InChI=1S/C22H21N3O2S/c1-27-14-13-25-20-12-5-4-10-19(20)24-22(25)28-15-21(26)23-18-11-6-8-16-7-2-3-9-17(16)18/h2-12H,13-15H2,1H3,(H,23,26). The van der Waals surface area contributed by atoms with Gasteiger partial charge in [-0.25, -0.2) is 4.98 Å². The van der Waals surface area contributed by atoms with Crippen molar-refractivity contribution in [3.63, 3.8) is 0 Å². The Bertz CT molecular complexity index is 1120. The highest BCUT2D eigenvalue weighted by atomic mass is 32.2. The number of rotatable bonds is 7. The number of hydrogen-bond acceptors (Lipinski definition) is 4. The molecule has 0 aliphatic rings. The number of para-hydroxylation sites is 2. The minimum absolute atomic E-state index is 0.0494. The van der Waals surface area contributed by atoms with Crippen molar-refractivity contribution in [2.45, 2.75) is 11.7 Å². The van der Waals surface area contributed by atoms with Crippen LogP contribution in [0.3, 0.4) is 0 Å². The SMILES string of the molecule is COCCn1c(SCC(=O)Nc2cccc3ccccc23)nc2ccccc21. The highest BCUT2D eigenvalue weighted by Gasteiger charge is 2.13. The van der Waals surface area contributed by atoms with Crippen LogP contribution >= 0.6 is 11.8 Å². The maximum atomic E-state index is 12.6. The van der Waals surface area contributed by atoms with Crippen LogP contribution in [-0.4, -0.2) is 34.9 Å². The zero-order chi connectivity index (χ0) is 19.3. The molecule has 6 heteroatoms. The fourth-order valence-corrected chi connectivity index (χ4v) is 4.05. The van der Waals surface area contributed by atoms with Gasteiger partial charge in [0.25, 0.3) is 0 Å². The Balaban J connectivity index is 1.50. The molecule has 0 bridgehead atoms. The van der Waals surface area contributed by atoms with Crippen molar-refractivity contribution in [2.24, 2.45) is 0 Å². The molecule has 142 valence electrons. The van der Waals surface area contributed by atoms with Crippen molar-refractivity contribution in [3.05, 3.63) is 66.7 Å². The fourth-order valence-electron chi connectivity index (χ4n) is 3.21. The highest BCUT2D eigenvalue weighted by Crippen LogP contribution is 2.26. The number of carbonyl (C=O) groups excluding carboxylic acids is 1. The van der Waals surface area contributed by atoms with Gasteiger partial charge in [0.05, 0.1) is 23.4 Å². The van der Waals surface area contributed by atoms with Gasteiger partial charge in [0.15, 0.2) is 5.16 Å². The molecule has 1 N–H and O–H groups in total. The van der Waals surface area contributed by atoms with E-state index in [0.29, 0.717) is 18.9 Å². The number of thioether (sulfide) groups is 1. The lowest BCUT2D eigenvalue weighted by Crippen LogP contribution is -2.15. The predicted molar refractivity (Wildman–Crippen MR) is 115 cm³/mol. The van der Waals surface area contributed by atoms with Crippen LogP contribution in [0.5, 0.6) is 0 Å². The van der Waals surface area contributed by atoms with Gasteiger partial charge in [-0.1, -0.05) is 60.3 Å². The summed E-state index contributed by atoms with van der Waals surface area (Å²) < 4.78 is 7.33. The van der Waals surface area contributed by atoms with Gasteiger partial charge in [0, 0.05) is 24.7 Å². The molecule has 0 aliphatic heterocycles. The van der Waals surface area contributed by atoms with Crippen molar-refractivity contribution >= 4 is 45.2 Å². The number of carbonyl (C=O) groups is 1. The maximum Gasteiger partial charge on any atom is 0.234 e. The smallest absolute Gasteiger partial charge is 0.234 e. The van der Waals surface area contributed by atoms with Gasteiger partial charge in [-0.3, -0.25) is 4.79 Å². The van der Waals surface area contributed by atoms with Crippen LogP contribution < -0.4 is 5.32 Å². The molecule has 3 aromatic carbocycles. The second-order valence-corrected chi connectivity index (χ2v) is 7.33. The van der Waals surface area contributed by atoms with Crippen LogP contribution in [0.2, 0.25) is 0 Å². The van der Waals surface area contributed by atoms with Crippen LogP contribution in [0.4, 0.5) is 5.69 Å². The number of anilines is 1. The van der Waals surface area contributed by atoms with Crippen molar-refractivity contribution in [1.82, 2.24) is 9.55 Å². The van der Waals surface area contributed by atoms with E-state index < -0.39 is 0 Å². The summed E-state index contributed by atoms with van der Waals surface area (Å²) in [7, 11) is 1.68. The monoisotopic (exact) mass is 391 g/mol. The van der Waals surface area contributed by atoms with Gasteiger partial charge >= 0.3 is 0 Å². The van der Waals surface area contributed by atoms with E-state index in [4.69, 9.17) is 4.74 Å². The Morgan fingerprint density at radius 2 is 1.86 bits per heavy atom. The van der Waals surface area contributed by atoms with Gasteiger partial charge in [0.1, 0.15) is 0 Å². The molecule has 1 heterocycles. The minimum atomic E-state index is -0.0494. The van der Waals surface area contributed by atoms with Gasteiger partial charge in [-0.05, 0) is 23.6 Å². The van der Waals surface area contributed by atoms with Crippen molar-refractivity contribution < 1.29 is 9.53 Å². The van der Waals surface area contributed by atoms with Gasteiger partial charge in [0.2, 0.25) is 5.91 Å². The molecular formula is C22H21N3O2S. The zero-order valence-corrected chi connectivity index (χ0v) is 16.4. The summed E-state index contributed by atoms with van der Waals surface area (Å²) in [6, 6.07) is 21.9.